The number of amides is 1. The quantitative estimate of drug-likeness (QED) is 0.237. The van der Waals surface area contributed by atoms with Gasteiger partial charge in [0.1, 0.15) is 5.60 Å². The molecule has 0 bridgehead atoms. The van der Waals surface area contributed by atoms with E-state index in [9.17, 15) is 4.79 Å². The number of hydrogen-bond donors (Lipinski definition) is 3. The Morgan fingerprint density at radius 3 is 2.45 bits per heavy atom. The van der Waals surface area contributed by atoms with Gasteiger partial charge >= 0.3 is 6.09 Å². The zero-order chi connectivity index (χ0) is 23.4. The number of guanidine groups is 1. The number of likely N-dealkylation sites (tertiary alicyclic amines) is 1. The van der Waals surface area contributed by atoms with Gasteiger partial charge in [0, 0.05) is 39.3 Å². The Bertz CT molecular complexity index is 704. The number of methoxy groups -OCH3 is 1. The van der Waals surface area contributed by atoms with Crippen molar-refractivity contribution in [1.82, 2.24) is 20.9 Å². The van der Waals surface area contributed by atoms with Gasteiger partial charge in [-0.05, 0) is 46.1 Å². The third-order valence-electron chi connectivity index (χ3n) is 5.21. The van der Waals surface area contributed by atoms with Crippen molar-refractivity contribution in [2.75, 3.05) is 46.4 Å². The molecule has 33 heavy (non-hydrogen) atoms. The van der Waals surface area contributed by atoms with Crippen LogP contribution in [0.1, 0.15) is 52.1 Å². The lowest BCUT2D eigenvalue weighted by atomic mass is 10.1. The van der Waals surface area contributed by atoms with E-state index in [-0.39, 0.29) is 30.0 Å². The van der Waals surface area contributed by atoms with Crippen molar-refractivity contribution in [1.29, 1.82) is 0 Å². The third kappa shape index (κ3) is 11.9. The van der Waals surface area contributed by atoms with Crippen LogP contribution in [0.5, 0.6) is 0 Å². The van der Waals surface area contributed by atoms with Crippen LogP contribution >= 0.6 is 24.0 Å². The number of nitrogens with zero attached hydrogens (tertiary/aromatic N) is 2. The van der Waals surface area contributed by atoms with Crippen LogP contribution < -0.4 is 16.0 Å². The van der Waals surface area contributed by atoms with Gasteiger partial charge in [0.2, 0.25) is 0 Å². The molecule has 1 aliphatic rings. The van der Waals surface area contributed by atoms with Crippen LogP contribution in [0.3, 0.4) is 0 Å². The van der Waals surface area contributed by atoms with E-state index < -0.39 is 11.7 Å². The molecule has 0 radical (unpaired) electrons. The number of halogens is 1. The van der Waals surface area contributed by atoms with E-state index in [2.05, 4.69) is 27.8 Å². The number of benzene rings is 1. The van der Waals surface area contributed by atoms with Gasteiger partial charge in [-0.25, -0.2) is 4.79 Å². The second-order valence-corrected chi connectivity index (χ2v) is 9.08. The number of piperidine rings is 1. The molecule has 188 valence electrons. The number of aliphatic imine (C=N–C) groups is 1. The smallest absolute Gasteiger partial charge is 0.408 e. The third-order valence-corrected chi connectivity index (χ3v) is 5.21. The van der Waals surface area contributed by atoms with E-state index in [1.54, 1.807) is 7.11 Å². The molecule has 0 saturated carbocycles. The lowest BCUT2D eigenvalue weighted by molar-refractivity contribution is 0.0505. The molecule has 2 rings (SSSR count). The van der Waals surface area contributed by atoms with Crippen molar-refractivity contribution < 1.29 is 14.3 Å². The summed E-state index contributed by atoms with van der Waals surface area (Å²) in [6.07, 6.45) is 1.68. The second-order valence-electron chi connectivity index (χ2n) is 9.08. The summed E-state index contributed by atoms with van der Waals surface area (Å²) in [5, 5.41) is 9.88. The predicted molar refractivity (Wildman–Crippen MR) is 144 cm³/mol. The van der Waals surface area contributed by atoms with Crippen LogP contribution in [0.25, 0.3) is 0 Å². The maximum Gasteiger partial charge on any atom is 0.408 e. The van der Waals surface area contributed by atoms with Crippen LogP contribution in [0.4, 0.5) is 4.79 Å². The highest BCUT2D eigenvalue weighted by atomic mass is 127. The normalized spacial score (nSPS) is 16.5. The van der Waals surface area contributed by atoms with Gasteiger partial charge in [-0.3, -0.25) is 4.99 Å². The fraction of sp³-hybridized carbons (Fsp3) is 0.667. The highest BCUT2D eigenvalue weighted by Crippen LogP contribution is 2.15. The minimum atomic E-state index is -0.552. The van der Waals surface area contributed by atoms with Gasteiger partial charge < -0.3 is 30.3 Å². The lowest BCUT2D eigenvalue weighted by Crippen LogP contribution is -2.49. The van der Waals surface area contributed by atoms with Crippen LogP contribution in [-0.4, -0.2) is 75.0 Å². The topological polar surface area (TPSA) is 87.2 Å². The number of carbonyl (C=O) groups is 1. The summed E-state index contributed by atoms with van der Waals surface area (Å²) in [6, 6.07) is 9.97. The van der Waals surface area contributed by atoms with Gasteiger partial charge in [0.25, 0.3) is 0 Å². The number of alkyl carbamates (subject to hydrolysis) is 1. The minimum Gasteiger partial charge on any atom is -0.444 e. The maximum atomic E-state index is 12.4. The molecule has 1 saturated heterocycles. The first kappa shape index (κ1) is 29.4. The summed E-state index contributed by atoms with van der Waals surface area (Å²) in [7, 11) is 1.74. The van der Waals surface area contributed by atoms with Crippen LogP contribution in [0, 0.1) is 0 Å². The second kappa shape index (κ2) is 15.3. The van der Waals surface area contributed by atoms with E-state index >= 15 is 0 Å². The standard InChI is InChI=1S/C24H41N5O3.HI/c1-6-25-22(27-20-12-14-29(15-13-20)16-17-31-5)26-18-21(19-10-8-7-9-11-19)28-23(30)32-24(2,3)4;/h7-11,20-21H,6,12-18H2,1-5H3,(H,28,30)(H2,25,26,27);1H. The molecule has 0 spiro atoms. The Labute approximate surface area is 216 Å². The Hall–Kier alpha value is -1.59. The Morgan fingerprint density at radius 2 is 1.88 bits per heavy atom. The maximum absolute atomic E-state index is 12.4. The minimum absolute atomic E-state index is 0. The largest absolute Gasteiger partial charge is 0.444 e. The first-order valence-corrected chi connectivity index (χ1v) is 11.6. The molecule has 1 aromatic rings. The number of hydrogen-bond acceptors (Lipinski definition) is 5. The van der Waals surface area contributed by atoms with Gasteiger partial charge in [0.05, 0.1) is 19.2 Å². The average molecular weight is 576 g/mol. The van der Waals surface area contributed by atoms with E-state index in [1.165, 1.54) is 0 Å². The molecule has 3 N–H and O–H groups in total. The van der Waals surface area contributed by atoms with Gasteiger partial charge in [-0.1, -0.05) is 30.3 Å². The molecule has 1 fully saturated rings. The molecule has 1 aliphatic heterocycles. The monoisotopic (exact) mass is 575 g/mol. The van der Waals surface area contributed by atoms with Gasteiger partial charge in [-0.15, -0.1) is 24.0 Å². The first-order chi connectivity index (χ1) is 15.3. The van der Waals surface area contributed by atoms with E-state index in [4.69, 9.17) is 14.5 Å². The zero-order valence-corrected chi connectivity index (χ0v) is 23.1. The van der Waals surface area contributed by atoms with Crippen molar-refractivity contribution in [3.05, 3.63) is 35.9 Å². The highest BCUT2D eigenvalue weighted by molar-refractivity contribution is 14.0. The van der Waals surface area contributed by atoms with Crippen molar-refractivity contribution in [3.8, 4) is 0 Å². The molecule has 1 aromatic carbocycles. The molecule has 0 aromatic heterocycles. The molecule has 1 amide bonds. The van der Waals surface area contributed by atoms with Crippen LogP contribution in [0.2, 0.25) is 0 Å². The predicted octanol–water partition coefficient (Wildman–Crippen LogP) is 3.54. The molecule has 0 aliphatic carbocycles. The highest BCUT2D eigenvalue weighted by Gasteiger charge is 2.22. The number of ether oxygens (including phenoxy) is 2. The molecular formula is C24H42IN5O3. The Balaban J connectivity index is 0.00000544. The molecule has 1 heterocycles. The summed E-state index contributed by atoms with van der Waals surface area (Å²) in [5.74, 6) is 0.773. The van der Waals surface area contributed by atoms with Crippen LogP contribution in [-0.2, 0) is 9.47 Å². The number of rotatable bonds is 9. The SMILES string of the molecule is CCNC(=NCC(NC(=O)OC(C)(C)C)c1ccccc1)NC1CCN(CCOC)CC1.I. The van der Waals surface area contributed by atoms with Crippen LogP contribution in [0.15, 0.2) is 35.3 Å². The van der Waals surface area contributed by atoms with Gasteiger partial charge in [0.15, 0.2) is 5.96 Å². The number of carbonyl (C=O) groups excluding carboxylic acids is 1. The fourth-order valence-electron chi connectivity index (χ4n) is 3.59. The average Bonchev–Trinajstić information content (AvgIpc) is 2.75. The van der Waals surface area contributed by atoms with E-state index in [0.29, 0.717) is 12.6 Å². The molecular weight excluding hydrogens is 533 g/mol. The Morgan fingerprint density at radius 1 is 1.21 bits per heavy atom. The lowest BCUT2D eigenvalue weighted by Gasteiger charge is -2.33. The number of nitrogens with one attached hydrogen (secondary N) is 3. The fourth-order valence-corrected chi connectivity index (χ4v) is 3.59. The van der Waals surface area contributed by atoms with Crippen molar-refractivity contribution in [3.63, 3.8) is 0 Å². The summed E-state index contributed by atoms with van der Waals surface area (Å²) in [5.41, 5.74) is 0.438. The summed E-state index contributed by atoms with van der Waals surface area (Å²) in [6.45, 7) is 12.7. The van der Waals surface area contributed by atoms with Crippen molar-refractivity contribution in [2.45, 2.75) is 58.2 Å². The van der Waals surface area contributed by atoms with Gasteiger partial charge in [-0.2, -0.15) is 0 Å². The summed E-state index contributed by atoms with van der Waals surface area (Å²) >= 11 is 0. The molecule has 9 heteroatoms. The van der Waals surface area contributed by atoms with E-state index in [0.717, 1.165) is 57.2 Å². The van der Waals surface area contributed by atoms with Crippen molar-refractivity contribution >= 4 is 36.0 Å². The Kier molecular flexibility index (Phi) is 13.7. The molecule has 1 unspecified atom stereocenters. The zero-order valence-electron chi connectivity index (χ0n) is 20.7. The molecule has 1 atom stereocenters. The summed E-state index contributed by atoms with van der Waals surface area (Å²) in [4.78, 5) is 19.6. The van der Waals surface area contributed by atoms with E-state index in [1.807, 2.05) is 51.1 Å². The van der Waals surface area contributed by atoms with Crippen molar-refractivity contribution in [2.24, 2.45) is 4.99 Å². The first-order valence-electron chi connectivity index (χ1n) is 11.6. The molecule has 8 nitrogen and oxygen atoms in total. The summed E-state index contributed by atoms with van der Waals surface area (Å²) < 4.78 is 10.6.